The SMILES string of the molecule is CC(NC(=O)C(C)(C)N1CCNCC1)c1ccccc1. The molecule has 1 aliphatic heterocycles. The summed E-state index contributed by atoms with van der Waals surface area (Å²) in [6.07, 6.45) is 0. The van der Waals surface area contributed by atoms with Gasteiger partial charge < -0.3 is 10.6 Å². The Bertz CT molecular complexity index is 438. The Hall–Kier alpha value is -1.39. The topological polar surface area (TPSA) is 44.4 Å². The lowest BCUT2D eigenvalue weighted by atomic mass is 9.99. The number of carbonyl (C=O) groups is 1. The second-order valence-corrected chi connectivity index (χ2v) is 5.90. The predicted molar refractivity (Wildman–Crippen MR) is 81.5 cm³/mol. The Balaban J connectivity index is 1.99. The minimum Gasteiger partial charge on any atom is -0.348 e. The van der Waals surface area contributed by atoms with Crippen LogP contribution in [-0.2, 0) is 4.79 Å². The van der Waals surface area contributed by atoms with Crippen LogP contribution in [0.1, 0.15) is 32.4 Å². The van der Waals surface area contributed by atoms with Crippen LogP contribution in [0.2, 0.25) is 0 Å². The van der Waals surface area contributed by atoms with Gasteiger partial charge in [-0.25, -0.2) is 0 Å². The number of benzene rings is 1. The van der Waals surface area contributed by atoms with Crippen molar-refractivity contribution in [2.24, 2.45) is 0 Å². The highest BCUT2D eigenvalue weighted by molar-refractivity contribution is 5.85. The molecule has 1 aromatic rings. The third-order valence-corrected chi connectivity index (χ3v) is 4.11. The molecule has 1 aromatic carbocycles. The molecule has 1 amide bonds. The van der Waals surface area contributed by atoms with E-state index in [0.29, 0.717) is 0 Å². The van der Waals surface area contributed by atoms with Crippen LogP contribution in [0, 0.1) is 0 Å². The third-order valence-electron chi connectivity index (χ3n) is 4.11. The summed E-state index contributed by atoms with van der Waals surface area (Å²) < 4.78 is 0. The number of nitrogens with one attached hydrogen (secondary N) is 2. The monoisotopic (exact) mass is 275 g/mol. The molecule has 0 saturated carbocycles. The molecular formula is C16H25N3O. The van der Waals surface area contributed by atoms with Gasteiger partial charge in [-0.05, 0) is 26.3 Å². The van der Waals surface area contributed by atoms with Gasteiger partial charge in [0, 0.05) is 26.2 Å². The van der Waals surface area contributed by atoms with Crippen molar-refractivity contribution in [3.05, 3.63) is 35.9 Å². The summed E-state index contributed by atoms with van der Waals surface area (Å²) >= 11 is 0. The summed E-state index contributed by atoms with van der Waals surface area (Å²) in [6, 6.07) is 10.1. The normalized spacial score (nSPS) is 18.6. The molecule has 4 nitrogen and oxygen atoms in total. The maximum Gasteiger partial charge on any atom is 0.240 e. The van der Waals surface area contributed by atoms with Crippen molar-refractivity contribution in [1.29, 1.82) is 0 Å². The quantitative estimate of drug-likeness (QED) is 0.876. The number of carbonyl (C=O) groups excluding carboxylic acids is 1. The van der Waals surface area contributed by atoms with E-state index in [9.17, 15) is 4.79 Å². The first-order valence-electron chi connectivity index (χ1n) is 7.33. The van der Waals surface area contributed by atoms with Crippen molar-refractivity contribution < 1.29 is 4.79 Å². The van der Waals surface area contributed by atoms with E-state index < -0.39 is 5.54 Å². The van der Waals surface area contributed by atoms with Gasteiger partial charge in [0.2, 0.25) is 5.91 Å². The average molecular weight is 275 g/mol. The molecule has 1 unspecified atom stereocenters. The summed E-state index contributed by atoms with van der Waals surface area (Å²) in [5, 5.41) is 6.45. The van der Waals surface area contributed by atoms with Crippen LogP contribution in [-0.4, -0.2) is 42.5 Å². The number of amides is 1. The highest BCUT2D eigenvalue weighted by Gasteiger charge is 2.35. The molecule has 0 aromatic heterocycles. The van der Waals surface area contributed by atoms with Gasteiger partial charge in [0.05, 0.1) is 11.6 Å². The number of hydrogen-bond acceptors (Lipinski definition) is 3. The van der Waals surface area contributed by atoms with E-state index in [0.717, 1.165) is 31.7 Å². The van der Waals surface area contributed by atoms with Crippen LogP contribution in [0.4, 0.5) is 0 Å². The fraction of sp³-hybridized carbons (Fsp3) is 0.562. The molecule has 2 rings (SSSR count). The molecule has 1 atom stereocenters. The largest absolute Gasteiger partial charge is 0.348 e. The maximum absolute atomic E-state index is 12.6. The zero-order chi connectivity index (χ0) is 14.6. The summed E-state index contributed by atoms with van der Waals surface area (Å²) in [7, 11) is 0. The second-order valence-electron chi connectivity index (χ2n) is 5.90. The lowest BCUT2D eigenvalue weighted by molar-refractivity contribution is -0.132. The van der Waals surface area contributed by atoms with Crippen LogP contribution >= 0.6 is 0 Å². The van der Waals surface area contributed by atoms with Gasteiger partial charge in [-0.2, -0.15) is 0 Å². The molecule has 0 spiro atoms. The Kier molecular flexibility index (Phi) is 4.78. The first-order chi connectivity index (χ1) is 9.51. The fourth-order valence-electron chi connectivity index (χ4n) is 2.57. The minimum atomic E-state index is -0.467. The van der Waals surface area contributed by atoms with Crippen molar-refractivity contribution in [3.63, 3.8) is 0 Å². The molecule has 1 fully saturated rings. The van der Waals surface area contributed by atoms with Crippen molar-refractivity contribution in [1.82, 2.24) is 15.5 Å². The molecular weight excluding hydrogens is 250 g/mol. The molecule has 0 radical (unpaired) electrons. The molecule has 4 heteroatoms. The Labute approximate surface area is 121 Å². The zero-order valence-electron chi connectivity index (χ0n) is 12.6. The van der Waals surface area contributed by atoms with Crippen molar-refractivity contribution in [3.8, 4) is 0 Å². The standard InChI is InChI=1S/C16H25N3O/c1-13(14-7-5-4-6-8-14)18-15(20)16(2,3)19-11-9-17-10-12-19/h4-8,13,17H,9-12H2,1-3H3,(H,18,20). The molecule has 1 heterocycles. The maximum atomic E-state index is 12.6. The molecule has 0 aliphatic carbocycles. The number of piperazine rings is 1. The van der Waals surface area contributed by atoms with Crippen LogP contribution in [0.15, 0.2) is 30.3 Å². The van der Waals surface area contributed by atoms with Gasteiger partial charge in [-0.15, -0.1) is 0 Å². The summed E-state index contributed by atoms with van der Waals surface area (Å²) in [5.41, 5.74) is 0.669. The zero-order valence-corrected chi connectivity index (χ0v) is 12.6. The lowest BCUT2D eigenvalue weighted by Crippen LogP contribution is -2.60. The van der Waals surface area contributed by atoms with Crippen LogP contribution < -0.4 is 10.6 Å². The highest BCUT2D eigenvalue weighted by atomic mass is 16.2. The van der Waals surface area contributed by atoms with Crippen LogP contribution in [0.3, 0.4) is 0 Å². The van der Waals surface area contributed by atoms with E-state index in [2.05, 4.69) is 15.5 Å². The lowest BCUT2D eigenvalue weighted by Gasteiger charge is -2.40. The van der Waals surface area contributed by atoms with E-state index in [4.69, 9.17) is 0 Å². The summed E-state index contributed by atoms with van der Waals surface area (Å²) in [5.74, 6) is 0.0933. The first-order valence-corrected chi connectivity index (χ1v) is 7.33. The van der Waals surface area contributed by atoms with Gasteiger partial charge in [0.25, 0.3) is 0 Å². The second kappa shape index (κ2) is 6.37. The van der Waals surface area contributed by atoms with Gasteiger partial charge in [0.15, 0.2) is 0 Å². The molecule has 1 saturated heterocycles. The van der Waals surface area contributed by atoms with E-state index in [1.165, 1.54) is 0 Å². The molecule has 2 N–H and O–H groups in total. The number of hydrogen-bond donors (Lipinski definition) is 2. The molecule has 1 aliphatic rings. The van der Waals surface area contributed by atoms with Gasteiger partial charge in [-0.1, -0.05) is 30.3 Å². The Morgan fingerprint density at radius 3 is 2.45 bits per heavy atom. The van der Waals surface area contributed by atoms with Gasteiger partial charge >= 0.3 is 0 Å². The molecule has 20 heavy (non-hydrogen) atoms. The van der Waals surface area contributed by atoms with Gasteiger partial charge in [0.1, 0.15) is 0 Å². The number of rotatable bonds is 4. The van der Waals surface area contributed by atoms with Crippen LogP contribution in [0.25, 0.3) is 0 Å². The summed E-state index contributed by atoms with van der Waals surface area (Å²) in [6.45, 7) is 9.77. The van der Waals surface area contributed by atoms with Gasteiger partial charge in [-0.3, -0.25) is 9.69 Å². The van der Waals surface area contributed by atoms with E-state index in [-0.39, 0.29) is 11.9 Å². The first kappa shape index (κ1) is 15.0. The average Bonchev–Trinajstić information content (AvgIpc) is 2.49. The van der Waals surface area contributed by atoms with E-state index in [1.54, 1.807) is 0 Å². The van der Waals surface area contributed by atoms with Crippen LogP contribution in [0.5, 0.6) is 0 Å². The van der Waals surface area contributed by atoms with E-state index >= 15 is 0 Å². The summed E-state index contributed by atoms with van der Waals surface area (Å²) in [4.78, 5) is 14.8. The van der Waals surface area contributed by atoms with Crippen molar-refractivity contribution >= 4 is 5.91 Å². The molecule has 110 valence electrons. The smallest absolute Gasteiger partial charge is 0.240 e. The van der Waals surface area contributed by atoms with Crippen molar-refractivity contribution in [2.75, 3.05) is 26.2 Å². The van der Waals surface area contributed by atoms with Crippen molar-refractivity contribution in [2.45, 2.75) is 32.4 Å². The van der Waals surface area contributed by atoms with E-state index in [1.807, 2.05) is 51.1 Å². The fourth-order valence-corrected chi connectivity index (χ4v) is 2.57. The Morgan fingerprint density at radius 1 is 1.25 bits per heavy atom. The highest BCUT2D eigenvalue weighted by Crippen LogP contribution is 2.18. The predicted octanol–water partition coefficient (Wildman–Crippen LogP) is 1.55. The minimum absolute atomic E-state index is 0.0332. The Morgan fingerprint density at radius 2 is 1.85 bits per heavy atom. The number of nitrogens with zero attached hydrogens (tertiary/aromatic N) is 1. The third kappa shape index (κ3) is 3.38. The molecule has 0 bridgehead atoms.